The van der Waals surface area contributed by atoms with Crippen LogP contribution in [0.1, 0.15) is 29.8 Å². The molecule has 0 heterocycles. The number of carboxylic acids is 1. The number of hydrogen-bond donors (Lipinski definition) is 3. The second kappa shape index (κ2) is 9.67. The molecule has 2 amide bonds. The van der Waals surface area contributed by atoms with Gasteiger partial charge in [-0.1, -0.05) is 31.5 Å². The SMILES string of the molecule is Cc1ccc(C(=O)NC(C(=O)NCCOCC(=O)O)C(C)C)cc1. The highest BCUT2D eigenvalue weighted by molar-refractivity contribution is 5.97. The van der Waals surface area contributed by atoms with Gasteiger partial charge in [-0.2, -0.15) is 0 Å². The summed E-state index contributed by atoms with van der Waals surface area (Å²) in [4.78, 5) is 34.8. The molecule has 0 aliphatic carbocycles. The molecule has 0 saturated carbocycles. The van der Waals surface area contributed by atoms with Crippen LogP contribution in [0, 0.1) is 12.8 Å². The second-order valence-corrected chi connectivity index (χ2v) is 5.80. The fraction of sp³-hybridized carbons (Fsp3) is 0.471. The van der Waals surface area contributed by atoms with Gasteiger partial charge in [0.1, 0.15) is 12.6 Å². The number of carbonyl (C=O) groups is 3. The highest BCUT2D eigenvalue weighted by atomic mass is 16.5. The van der Waals surface area contributed by atoms with Crippen LogP contribution in [0.2, 0.25) is 0 Å². The van der Waals surface area contributed by atoms with Crippen LogP contribution in [0.4, 0.5) is 0 Å². The average molecular weight is 336 g/mol. The Balaban J connectivity index is 2.53. The molecule has 132 valence electrons. The summed E-state index contributed by atoms with van der Waals surface area (Å²) in [5.74, 6) is -1.80. The number of hydrogen-bond acceptors (Lipinski definition) is 4. The third-order valence-electron chi connectivity index (χ3n) is 3.32. The first-order chi connectivity index (χ1) is 11.3. The predicted octanol–water partition coefficient (Wildman–Crippen LogP) is 0.967. The van der Waals surface area contributed by atoms with Crippen molar-refractivity contribution in [2.45, 2.75) is 26.8 Å². The molecule has 0 fully saturated rings. The van der Waals surface area contributed by atoms with Gasteiger partial charge >= 0.3 is 5.97 Å². The summed E-state index contributed by atoms with van der Waals surface area (Å²) >= 11 is 0. The number of aryl methyl sites for hydroxylation is 1. The number of nitrogens with one attached hydrogen (secondary N) is 2. The first-order valence-electron chi connectivity index (χ1n) is 7.76. The maximum Gasteiger partial charge on any atom is 0.329 e. The van der Waals surface area contributed by atoms with E-state index in [0.717, 1.165) is 5.56 Å². The maximum absolute atomic E-state index is 12.2. The van der Waals surface area contributed by atoms with Gasteiger partial charge in [-0.05, 0) is 25.0 Å². The lowest BCUT2D eigenvalue weighted by molar-refractivity contribution is -0.142. The number of rotatable bonds is 9. The number of carboxylic acid groups (broad SMARTS) is 1. The van der Waals surface area contributed by atoms with Crippen molar-refractivity contribution >= 4 is 17.8 Å². The van der Waals surface area contributed by atoms with E-state index in [-0.39, 0.29) is 30.9 Å². The Kier molecular flexibility index (Phi) is 7.91. The van der Waals surface area contributed by atoms with Crippen molar-refractivity contribution in [1.29, 1.82) is 0 Å². The molecule has 0 radical (unpaired) electrons. The quantitative estimate of drug-likeness (QED) is 0.583. The van der Waals surface area contributed by atoms with Gasteiger partial charge < -0.3 is 20.5 Å². The standard InChI is InChI=1S/C17H24N2O5/c1-11(2)15(17(23)18-8-9-24-10-14(20)21)19-16(22)13-6-4-12(3)5-7-13/h4-7,11,15H,8-10H2,1-3H3,(H,18,23)(H,19,22)(H,20,21). The van der Waals surface area contributed by atoms with Crippen LogP contribution < -0.4 is 10.6 Å². The van der Waals surface area contributed by atoms with Crippen LogP contribution in [-0.2, 0) is 14.3 Å². The molecule has 1 atom stereocenters. The highest BCUT2D eigenvalue weighted by Gasteiger charge is 2.24. The molecular formula is C17H24N2O5. The topological polar surface area (TPSA) is 105 Å². The van der Waals surface area contributed by atoms with Crippen LogP contribution in [0.5, 0.6) is 0 Å². The average Bonchev–Trinajstić information content (AvgIpc) is 2.51. The van der Waals surface area contributed by atoms with Gasteiger partial charge in [-0.25, -0.2) is 4.79 Å². The van der Waals surface area contributed by atoms with E-state index in [9.17, 15) is 14.4 Å². The minimum atomic E-state index is -1.06. The Bertz CT molecular complexity index is 569. The van der Waals surface area contributed by atoms with Crippen LogP contribution in [0.3, 0.4) is 0 Å². The lowest BCUT2D eigenvalue weighted by atomic mass is 10.0. The van der Waals surface area contributed by atoms with Crippen molar-refractivity contribution in [1.82, 2.24) is 10.6 Å². The van der Waals surface area contributed by atoms with E-state index in [2.05, 4.69) is 10.6 Å². The number of amides is 2. The zero-order valence-corrected chi connectivity index (χ0v) is 14.2. The van der Waals surface area contributed by atoms with Crippen molar-refractivity contribution in [3.63, 3.8) is 0 Å². The van der Waals surface area contributed by atoms with Crippen LogP contribution in [-0.4, -0.2) is 48.7 Å². The molecule has 3 N–H and O–H groups in total. The first kappa shape index (κ1) is 19.6. The molecule has 0 aliphatic heterocycles. The smallest absolute Gasteiger partial charge is 0.329 e. The van der Waals surface area contributed by atoms with E-state index in [1.54, 1.807) is 12.1 Å². The molecule has 7 nitrogen and oxygen atoms in total. The van der Waals surface area contributed by atoms with Crippen LogP contribution in [0.15, 0.2) is 24.3 Å². The van der Waals surface area contributed by atoms with E-state index < -0.39 is 18.6 Å². The monoisotopic (exact) mass is 336 g/mol. The fourth-order valence-electron chi connectivity index (χ4n) is 1.98. The molecule has 1 aromatic rings. The van der Waals surface area contributed by atoms with E-state index >= 15 is 0 Å². The normalized spacial score (nSPS) is 11.8. The van der Waals surface area contributed by atoms with Gasteiger partial charge in [0, 0.05) is 12.1 Å². The van der Waals surface area contributed by atoms with Gasteiger partial charge in [0.05, 0.1) is 6.61 Å². The lowest BCUT2D eigenvalue weighted by Crippen LogP contribution is -2.50. The summed E-state index contributed by atoms with van der Waals surface area (Å²) in [6, 6.07) is 6.40. The minimum absolute atomic E-state index is 0.0920. The van der Waals surface area contributed by atoms with Gasteiger partial charge in [0.25, 0.3) is 5.91 Å². The second-order valence-electron chi connectivity index (χ2n) is 5.80. The molecular weight excluding hydrogens is 312 g/mol. The van der Waals surface area contributed by atoms with E-state index in [1.165, 1.54) is 0 Å². The number of ether oxygens (including phenoxy) is 1. The van der Waals surface area contributed by atoms with Crippen molar-refractivity contribution in [3.8, 4) is 0 Å². The molecule has 0 spiro atoms. The first-order valence-corrected chi connectivity index (χ1v) is 7.76. The van der Waals surface area contributed by atoms with Crippen molar-refractivity contribution in [2.75, 3.05) is 19.8 Å². The summed E-state index contributed by atoms with van der Waals surface area (Å²) in [5.41, 5.74) is 1.54. The summed E-state index contributed by atoms with van der Waals surface area (Å²) in [5, 5.41) is 13.8. The molecule has 1 rings (SSSR count). The summed E-state index contributed by atoms with van der Waals surface area (Å²) < 4.78 is 4.85. The largest absolute Gasteiger partial charge is 0.480 e. The Hall–Kier alpha value is -2.41. The van der Waals surface area contributed by atoms with Gasteiger partial charge in [-0.3, -0.25) is 9.59 Å². The summed E-state index contributed by atoms with van der Waals surface area (Å²) in [7, 11) is 0. The fourth-order valence-corrected chi connectivity index (χ4v) is 1.98. The third kappa shape index (κ3) is 6.78. The Morgan fingerprint density at radius 2 is 1.79 bits per heavy atom. The lowest BCUT2D eigenvalue weighted by Gasteiger charge is -2.21. The van der Waals surface area contributed by atoms with E-state index in [0.29, 0.717) is 5.56 Å². The van der Waals surface area contributed by atoms with Crippen molar-refractivity contribution in [2.24, 2.45) is 5.92 Å². The predicted molar refractivity (Wildman–Crippen MR) is 88.7 cm³/mol. The minimum Gasteiger partial charge on any atom is -0.480 e. The number of carbonyl (C=O) groups excluding carboxylic acids is 2. The molecule has 1 unspecified atom stereocenters. The van der Waals surface area contributed by atoms with E-state index in [4.69, 9.17) is 9.84 Å². The zero-order valence-electron chi connectivity index (χ0n) is 14.2. The van der Waals surface area contributed by atoms with E-state index in [1.807, 2.05) is 32.9 Å². The third-order valence-corrected chi connectivity index (χ3v) is 3.32. The Morgan fingerprint density at radius 3 is 2.33 bits per heavy atom. The molecule has 0 saturated heterocycles. The molecule has 1 aromatic carbocycles. The van der Waals surface area contributed by atoms with Crippen LogP contribution >= 0.6 is 0 Å². The summed E-state index contributed by atoms with van der Waals surface area (Å²) in [6.45, 7) is 5.46. The van der Waals surface area contributed by atoms with Gasteiger partial charge in [0.2, 0.25) is 5.91 Å². The molecule has 0 aliphatic rings. The molecule has 7 heteroatoms. The summed E-state index contributed by atoms with van der Waals surface area (Å²) in [6.07, 6.45) is 0. The van der Waals surface area contributed by atoms with Crippen molar-refractivity contribution in [3.05, 3.63) is 35.4 Å². The van der Waals surface area contributed by atoms with Gasteiger partial charge in [0.15, 0.2) is 0 Å². The molecule has 0 aromatic heterocycles. The maximum atomic E-state index is 12.2. The highest BCUT2D eigenvalue weighted by Crippen LogP contribution is 2.07. The number of aliphatic carboxylic acids is 1. The van der Waals surface area contributed by atoms with Crippen LogP contribution in [0.25, 0.3) is 0 Å². The molecule has 24 heavy (non-hydrogen) atoms. The Labute approximate surface area is 141 Å². The van der Waals surface area contributed by atoms with Crippen molar-refractivity contribution < 1.29 is 24.2 Å². The Morgan fingerprint density at radius 1 is 1.17 bits per heavy atom. The molecule has 0 bridgehead atoms. The van der Waals surface area contributed by atoms with Gasteiger partial charge in [-0.15, -0.1) is 0 Å². The number of benzene rings is 1. The zero-order chi connectivity index (χ0) is 18.1.